The highest BCUT2D eigenvalue weighted by atomic mass is 32.2. The van der Waals surface area contributed by atoms with Gasteiger partial charge in [0, 0.05) is 11.3 Å². The molecule has 2 heterocycles. The summed E-state index contributed by atoms with van der Waals surface area (Å²) in [6.07, 6.45) is 6.55. The molecular formula is C15H25N3O2S. The zero-order valence-corrected chi connectivity index (χ0v) is 13.5. The van der Waals surface area contributed by atoms with Crippen LogP contribution in [0, 0.1) is 0 Å². The zero-order valence-electron chi connectivity index (χ0n) is 12.7. The Balaban J connectivity index is 1.53. The fourth-order valence-corrected chi connectivity index (χ4v) is 4.22. The number of hydrogen-bond acceptors (Lipinski definition) is 6. The Labute approximate surface area is 130 Å². The summed E-state index contributed by atoms with van der Waals surface area (Å²) in [4.78, 5) is 4.59. The lowest BCUT2D eigenvalue weighted by Crippen LogP contribution is -2.35. The smallest absolute Gasteiger partial charge is 0.233 e. The molecule has 2 fully saturated rings. The number of nitrogens with zero attached hydrogens (tertiary/aromatic N) is 2. The summed E-state index contributed by atoms with van der Waals surface area (Å²) < 4.78 is 11.1. The molecule has 1 aliphatic heterocycles. The van der Waals surface area contributed by atoms with Crippen molar-refractivity contribution >= 4 is 11.8 Å². The minimum atomic E-state index is 0.203. The van der Waals surface area contributed by atoms with Crippen LogP contribution >= 0.6 is 11.8 Å². The molecule has 1 aromatic rings. The molecule has 1 saturated carbocycles. The van der Waals surface area contributed by atoms with E-state index in [1.54, 1.807) is 0 Å². The number of hydrogen-bond donors (Lipinski definition) is 1. The second-order valence-electron chi connectivity index (χ2n) is 5.97. The summed E-state index contributed by atoms with van der Waals surface area (Å²) in [6, 6.07) is 0.306. The average Bonchev–Trinajstić information content (AvgIpc) is 3.22. The third kappa shape index (κ3) is 3.99. The van der Waals surface area contributed by atoms with Gasteiger partial charge in [-0.1, -0.05) is 24.9 Å². The molecule has 0 aromatic carbocycles. The van der Waals surface area contributed by atoms with E-state index in [1.165, 1.54) is 25.7 Å². The molecule has 0 spiro atoms. The maximum Gasteiger partial charge on any atom is 0.233 e. The van der Waals surface area contributed by atoms with E-state index < -0.39 is 0 Å². The topological polar surface area (TPSA) is 60.2 Å². The molecule has 5 nitrogen and oxygen atoms in total. The van der Waals surface area contributed by atoms with Crippen LogP contribution in [-0.4, -0.2) is 41.2 Å². The third-order valence-electron chi connectivity index (χ3n) is 4.29. The number of nitrogens with one attached hydrogen (secondary N) is 1. The lowest BCUT2D eigenvalue weighted by atomic mass is 10.0. The second-order valence-corrected chi connectivity index (χ2v) is 7.26. The van der Waals surface area contributed by atoms with Crippen molar-refractivity contribution in [2.75, 3.05) is 19.8 Å². The van der Waals surface area contributed by atoms with Crippen molar-refractivity contribution in [2.24, 2.45) is 0 Å². The summed E-state index contributed by atoms with van der Waals surface area (Å²) >= 11 is 1.98. The fourth-order valence-electron chi connectivity index (χ4n) is 3.05. The van der Waals surface area contributed by atoms with Crippen molar-refractivity contribution in [3.05, 3.63) is 11.7 Å². The van der Waals surface area contributed by atoms with Gasteiger partial charge in [0.25, 0.3) is 0 Å². The minimum Gasteiger partial charge on any atom is -0.379 e. The summed E-state index contributed by atoms with van der Waals surface area (Å²) in [6.45, 7) is 4.59. The first-order valence-corrected chi connectivity index (χ1v) is 9.17. The predicted molar refractivity (Wildman–Crippen MR) is 83.5 cm³/mol. The molecule has 1 aromatic heterocycles. The van der Waals surface area contributed by atoms with E-state index in [2.05, 4.69) is 22.4 Å². The van der Waals surface area contributed by atoms with Gasteiger partial charge in [-0.05, 0) is 25.8 Å². The first kappa shape index (κ1) is 15.3. The van der Waals surface area contributed by atoms with Crippen molar-refractivity contribution < 1.29 is 9.26 Å². The Morgan fingerprint density at radius 2 is 2.14 bits per heavy atom. The minimum absolute atomic E-state index is 0.203. The molecule has 3 rings (SSSR count). The van der Waals surface area contributed by atoms with Gasteiger partial charge in [0.05, 0.1) is 24.9 Å². The van der Waals surface area contributed by atoms with E-state index in [9.17, 15) is 0 Å². The fraction of sp³-hybridized carbons (Fsp3) is 0.867. The maximum absolute atomic E-state index is 5.58. The van der Waals surface area contributed by atoms with E-state index in [0.717, 1.165) is 42.3 Å². The van der Waals surface area contributed by atoms with E-state index in [-0.39, 0.29) is 5.92 Å². The SMILES string of the molecule is CCCNC1COCC1c1nc(CSC2CCCC2)no1. The van der Waals surface area contributed by atoms with Crippen LogP contribution in [0.15, 0.2) is 4.52 Å². The van der Waals surface area contributed by atoms with E-state index in [1.807, 2.05) is 11.8 Å². The highest BCUT2D eigenvalue weighted by Gasteiger charge is 2.33. The lowest BCUT2D eigenvalue weighted by Gasteiger charge is -2.14. The van der Waals surface area contributed by atoms with Gasteiger partial charge in [-0.3, -0.25) is 0 Å². The van der Waals surface area contributed by atoms with Crippen LogP contribution in [0.2, 0.25) is 0 Å². The first-order valence-electron chi connectivity index (χ1n) is 8.12. The van der Waals surface area contributed by atoms with Crippen molar-refractivity contribution in [3.8, 4) is 0 Å². The molecule has 2 aliphatic rings. The molecule has 2 atom stereocenters. The van der Waals surface area contributed by atoms with Crippen molar-refractivity contribution in [3.63, 3.8) is 0 Å². The molecule has 118 valence electrons. The number of aromatic nitrogens is 2. The quantitative estimate of drug-likeness (QED) is 0.835. The van der Waals surface area contributed by atoms with Crippen molar-refractivity contribution in [2.45, 2.75) is 62.0 Å². The highest BCUT2D eigenvalue weighted by Crippen LogP contribution is 2.31. The maximum atomic E-state index is 5.58. The van der Waals surface area contributed by atoms with Crippen LogP contribution in [0.4, 0.5) is 0 Å². The van der Waals surface area contributed by atoms with E-state index in [4.69, 9.17) is 9.26 Å². The molecule has 21 heavy (non-hydrogen) atoms. The molecule has 6 heteroatoms. The van der Waals surface area contributed by atoms with Gasteiger partial charge in [-0.25, -0.2) is 0 Å². The van der Waals surface area contributed by atoms with E-state index in [0.29, 0.717) is 12.6 Å². The lowest BCUT2D eigenvalue weighted by molar-refractivity contribution is 0.184. The summed E-state index contributed by atoms with van der Waals surface area (Å²) in [5.41, 5.74) is 0. The van der Waals surface area contributed by atoms with Crippen molar-refractivity contribution in [1.82, 2.24) is 15.5 Å². The summed E-state index contributed by atoms with van der Waals surface area (Å²) in [5.74, 6) is 2.65. The summed E-state index contributed by atoms with van der Waals surface area (Å²) in [5, 5.41) is 8.45. The molecule has 1 aliphatic carbocycles. The van der Waals surface area contributed by atoms with Gasteiger partial charge >= 0.3 is 0 Å². The average molecular weight is 311 g/mol. The van der Waals surface area contributed by atoms with E-state index >= 15 is 0 Å². The largest absolute Gasteiger partial charge is 0.379 e. The van der Waals surface area contributed by atoms with Crippen LogP contribution in [0.5, 0.6) is 0 Å². The van der Waals surface area contributed by atoms with Crippen LogP contribution in [-0.2, 0) is 10.5 Å². The zero-order chi connectivity index (χ0) is 14.5. The number of thioether (sulfide) groups is 1. The monoisotopic (exact) mass is 311 g/mol. The predicted octanol–water partition coefficient (Wildman–Crippen LogP) is 2.73. The molecular weight excluding hydrogens is 286 g/mol. The second kappa shape index (κ2) is 7.61. The Kier molecular flexibility index (Phi) is 5.55. The van der Waals surface area contributed by atoms with Gasteiger partial charge in [0.2, 0.25) is 5.89 Å². The molecule has 1 N–H and O–H groups in total. The van der Waals surface area contributed by atoms with Gasteiger partial charge in [-0.2, -0.15) is 16.7 Å². The third-order valence-corrected chi connectivity index (χ3v) is 5.66. The van der Waals surface area contributed by atoms with Gasteiger partial charge in [0.1, 0.15) is 0 Å². The highest BCUT2D eigenvalue weighted by molar-refractivity contribution is 7.99. The Morgan fingerprint density at radius 1 is 1.29 bits per heavy atom. The molecule has 0 radical (unpaired) electrons. The van der Waals surface area contributed by atoms with Gasteiger partial charge < -0.3 is 14.6 Å². The first-order chi connectivity index (χ1) is 10.4. The molecule has 2 unspecified atom stereocenters. The van der Waals surface area contributed by atoms with Crippen LogP contribution in [0.1, 0.15) is 56.7 Å². The number of rotatable bonds is 7. The molecule has 0 bridgehead atoms. The molecule has 0 amide bonds. The standard InChI is InChI=1S/C15H25N3O2S/c1-2-7-16-13-9-19-8-12(13)15-17-14(18-20-15)10-21-11-5-3-4-6-11/h11-13,16H,2-10H2,1H3. The van der Waals surface area contributed by atoms with Crippen LogP contribution in [0.3, 0.4) is 0 Å². The Hall–Kier alpha value is -0.590. The van der Waals surface area contributed by atoms with Crippen molar-refractivity contribution in [1.29, 1.82) is 0 Å². The van der Waals surface area contributed by atoms with Gasteiger partial charge in [0.15, 0.2) is 5.82 Å². The summed E-state index contributed by atoms with van der Waals surface area (Å²) in [7, 11) is 0. The Morgan fingerprint density at radius 3 is 2.95 bits per heavy atom. The normalized spacial score (nSPS) is 26.7. The van der Waals surface area contributed by atoms with Crippen LogP contribution in [0.25, 0.3) is 0 Å². The van der Waals surface area contributed by atoms with Gasteiger partial charge in [-0.15, -0.1) is 0 Å². The molecule has 1 saturated heterocycles. The Bertz CT molecular complexity index is 434. The van der Waals surface area contributed by atoms with Crippen LogP contribution < -0.4 is 5.32 Å². The number of ether oxygens (including phenoxy) is 1.